The number of carbonyl (C=O) groups is 2. The molecular weight excluding hydrogens is 298 g/mol. The highest BCUT2D eigenvalue weighted by molar-refractivity contribution is 5.86. The number of hydrogen-bond acceptors (Lipinski definition) is 3. The minimum absolute atomic E-state index is 0.0114. The molecule has 2 N–H and O–H groups in total. The monoisotopic (exact) mass is 325 g/mol. The number of amides is 1. The first-order chi connectivity index (χ1) is 10.3. The van der Waals surface area contributed by atoms with Crippen molar-refractivity contribution >= 4 is 12.1 Å². The molecule has 0 radical (unpaired) electrons. The number of rotatable bonds is 3. The largest absolute Gasteiger partial charge is 0.479 e. The third-order valence-corrected chi connectivity index (χ3v) is 4.62. The zero-order valence-electron chi connectivity index (χ0n) is 14.7. The van der Waals surface area contributed by atoms with Crippen molar-refractivity contribution in [2.24, 2.45) is 16.7 Å². The molecule has 0 aromatic rings. The molecule has 6 heteroatoms. The number of nitrogens with zero attached hydrogens (tertiary/aromatic N) is 1. The molecule has 1 aliphatic rings. The molecule has 1 fully saturated rings. The van der Waals surface area contributed by atoms with E-state index in [0.717, 1.165) is 4.90 Å². The van der Waals surface area contributed by atoms with E-state index in [-0.39, 0.29) is 13.2 Å². The van der Waals surface area contributed by atoms with E-state index in [1.54, 1.807) is 20.8 Å². The van der Waals surface area contributed by atoms with Crippen LogP contribution in [-0.2, 0) is 9.53 Å². The van der Waals surface area contributed by atoms with Crippen LogP contribution in [0.25, 0.3) is 0 Å². The number of carboxylic acid groups (broad SMARTS) is 2. The molecule has 0 aromatic heterocycles. The van der Waals surface area contributed by atoms with Gasteiger partial charge in [0, 0.05) is 5.92 Å². The molecule has 0 spiro atoms. The van der Waals surface area contributed by atoms with Gasteiger partial charge in [-0.3, -0.25) is 4.90 Å². The van der Waals surface area contributed by atoms with Crippen molar-refractivity contribution in [3.05, 3.63) is 0 Å². The first-order valence-corrected chi connectivity index (χ1v) is 7.60. The minimum Gasteiger partial charge on any atom is -0.479 e. The maximum atomic E-state index is 12.4. The Hall–Kier alpha value is -1.74. The molecule has 1 heterocycles. The number of aliphatic carboxylic acids is 1. The average Bonchev–Trinajstić information content (AvgIpc) is 2.71. The van der Waals surface area contributed by atoms with E-state index < -0.39 is 40.5 Å². The van der Waals surface area contributed by atoms with E-state index in [2.05, 4.69) is 5.92 Å². The smallest absolute Gasteiger partial charge is 0.408 e. The molecule has 0 bridgehead atoms. The first-order valence-electron chi connectivity index (χ1n) is 7.60. The van der Waals surface area contributed by atoms with Crippen LogP contribution in [0, 0.1) is 29.1 Å². The summed E-state index contributed by atoms with van der Waals surface area (Å²) in [6.45, 7) is 11.0. The molecule has 3 unspecified atom stereocenters. The molecule has 0 aliphatic carbocycles. The molecule has 1 rings (SSSR count). The van der Waals surface area contributed by atoms with Gasteiger partial charge in [-0.2, -0.15) is 0 Å². The third kappa shape index (κ3) is 3.02. The molecular formula is C17H27NO5. The minimum atomic E-state index is -1.60. The van der Waals surface area contributed by atoms with E-state index in [1.165, 1.54) is 0 Å². The Morgan fingerprint density at radius 3 is 2.09 bits per heavy atom. The van der Waals surface area contributed by atoms with Gasteiger partial charge >= 0.3 is 12.1 Å². The number of terminal acetylenes is 1. The van der Waals surface area contributed by atoms with Gasteiger partial charge in [-0.1, -0.05) is 47.5 Å². The van der Waals surface area contributed by atoms with Gasteiger partial charge in [-0.15, -0.1) is 6.42 Å². The summed E-state index contributed by atoms with van der Waals surface area (Å²) < 4.78 is 5.67. The lowest BCUT2D eigenvalue weighted by atomic mass is 9.58. The number of ether oxygens (including phenoxy) is 1. The van der Waals surface area contributed by atoms with Crippen LogP contribution in [0.4, 0.5) is 4.79 Å². The first kappa shape index (κ1) is 19.3. The topological polar surface area (TPSA) is 87.1 Å². The van der Waals surface area contributed by atoms with Crippen LogP contribution in [0.1, 0.15) is 41.5 Å². The number of likely N-dealkylation sites (tertiary alicyclic amines) is 1. The van der Waals surface area contributed by atoms with Crippen LogP contribution in [0.3, 0.4) is 0 Å². The third-order valence-electron chi connectivity index (χ3n) is 4.62. The van der Waals surface area contributed by atoms with Crippen molar-refractivity contribution in [1.29, 1.82) is 0 Å². The maximum absolute atomic E-state index is 12.4. The summed E-state index contributed by atoms with van der Waals surface area (Å²) in [7, 11) is 0. The molecule has 6 nitrogen and oxygen atoms in total. The van der Waals surface area contributed by atoms with Crippen molar-refractivity contribution in [3.63, 3.8) is 0 Å². The van der Waals surface area contributed by atoms with Gasteiger partial charge in [-0.05, 0) is 10.8 Å². The van der Waals surface area contributed by atoms with Crippen LogP contribution in [-0.4, -0.2) is 52.0 Å². The Morgan fingerprint density at radius 1 is 1.26 bits per heavy atom. The molecule has 130 valence electrons. The van der Waals surface area contributed by atoms with E-state index in [1.807, 2.05) is 20.8 Å². The van der Waals surface area contributed by atoms with Gasteiger partial charge in [0.15, 0.2) is 5.54 Å². The van der Waals surface area contributed by atoms with E-state index in [9.17, 15) is 19.8 Å². The average molecular weight is 325 g/mol. The lowest BCUT2D eigenvalue weighted by Gasteiger charge is -2.50. The van der Waals surface area contributed by atoms with Crippen LogP contribution >= 0.6 is 0 Å². The Morgan fingerprint density at radius 2 is 1.78 bits per heavy atom. The molecule has 1 saturated heterocycles. The second-order valence-corrected chi connectivity index (χ2v) is 8.11. The second-order valence-electron chi connectivity index (χ2n) is 8.11. The predicted octanol–water partition coefficient (Wildman–Crippen LogP) is 2.53. The standard InChI is InChI=1S/C17H27NO5/c1-8-9-23-11-10-18(14(21)22)17(13(19)20,16(5,6)7)12(11)15(2,3)4/h1,11-12H,9-10H2,2-7H3,(H,19,20)(H,21,22). The highest BCUT2D eigenvalue weighted by Crippen LogP contribution is 2.54. The van der Waals surface area contributed by atoms with E-state index in [4.69, 9.17) is 11.2 Å². The Labute approximate surface area is 137 Å². The van der Waals surface area contributed by atoms with Crippen molar-refractivity contribution in [2.45, 2.75) is 53.2 Å². The highest BCUT2D eigenvalue weighted by Gasteiger charge is 2.69. The highest BCUT2D eigenvalue weighted by atomic mass is 16.5. The summed E-state index contributed by atoms with van der Waals surface area (Å²) in [5.74, 6) is 0.672. The maximum Gasteiger partial charge on any atom is 0.408 e. The lowest BCUT2D eigenvalue weighted by Crippen LogP contribution is -2.66. The zero-order chi connectivity index (χ0) is 18.2. The van der Waals surface area contributed by atoms with Crippen molar-refractivity contribution in [2.75, 3.05) is 13.2 Å². The Balaban J connectivity index is 3.64. The molecule has 23 heavy (non-hydrogen) atoms. The molecule has 1 aliphatic heterocycles. The van der Waals surface area contributed by atoms with E-state index >= 15 is 0 Å². The van der Waals surface area contributed by atoms with Gasteiger partial charge in [0.25, 0.3) is 0 Å². The van der Waals surface area contributed by atoms with Gasteiger partial charge in [0.2, 0.25) is 0 Å². The predicted molar refractivity (Wildman–Crippen MR) is 86.1 cm³/mol. The second kappa shape index (κ2) is 6.04. The summed E-state index contributed by atoms with van der Waals surface area (Å²) in [6, 6.07) is 0. The van der Waals surface area contributed by atoms with Gasteiger partial charge in [0.05, 0.1) is 12.6 Å². The fourth-order valence-electron chi connectivity index (χ4n) is 4.02. The van der Waals surface area contributed by atoms with E-state index in [0.29, 0.717) is 0 Å². The van der Waals surface area contributed by atoms with Gasteiger partial charge < -0.3 is 14.9 Å². The fraction of sp³-hybridized carbons (Fsp3) is 0.765. The SMILES string of the molecule is C#CCOC1CN(C(=O)O)C(C(=O)O)(C(C)(C)C)C1C(C)(C)C. The molecule has 0 saturated carbocycles. The van der Waals surface area contributed by atoms with Crippen molar-refractivity contribution in [3.8, 4) is 12.3 Å². The van der Waals surface area contributed by atoms with Crippen molar-refractivity contribution in [1.82, 2.24) is 4.90 Å². The normalized spacial score (nSPS) is 28.5. The Bertz CT molecular complexity index is 523. The van der Waals surface area contributed by atoms with Crippen LogP contribution in [0.2, 0.25) is 0 Å². The van der Waals surface area contributed by atoms with Crippen LogP contribution in [0.5, 0.6) is 0 Å². The summed E-state index contributed by atoms with van der Waals surface area (Å²) in [5.41, 5.74) is -2.92. The summed E-state index contributed by atoms with van der Waals surface area (Å²) in [5, 5.41) is 19.7. The lowest BCUT2D eigenvalue weighted by molar-refractivity contribution is -0.165. The molecule has 3 atom stereocenters. The molecule has 1 amide bonds. The summed E-state index contributed by atoms with van der Waals surface area (Å²) in [6.07, 6.45) is 3.41. The van der Waals surface area contributed by atoms with Crippen molar-refractivity contribution < 1.29 is 24.5 Å². The number of carboxylic acids is 1. The Kier molecular flexibility index (Phi) is 5.07. The number of hydrogen-bond donors (Lipinski definition) is 2. The van der Waals surface area contributed by atoms with Crippen LogP contribution < -0.4 is 0 Å². The van der Waals surface area contributed by atoms with Gasteiger partial charge in [0.1, 0.15) is 6.61 Å². The van der Waals surface area contributed by atoms with Gasteiger partial charge in [-0.25, -0.2) is 9.59 Å². The molecule has 0 aromatic carbocycles. The fourth-order valence-corrected chi connectivity index (χ4v) is 4.02. The quantitative estimate of drug-likeness (QED) is 0.779. The zero-order valence-corrected chi connectivity index (χ0v) is 14.7. The summed E-state index contributed by atoms with van der Waals surface area (Å²) >= 11 is 0. The van der Waals surface area contributed by atoms with Crippen LogP contribution in [0.15, 0.2) is 0 Å². The summed E-state index contributed by atoms with van der Waals surface area (Å²) in [4.78, 5) is 25.2.